The lowest BCUT2D eigenvalue weighted by Gasteiger charge is -2.22. The van der Waals surface area contributed by atoms with E-state index in [1.165, 1.54) is 19.3 Å². The van der Waals surface area contributed by atoms with E-state index in [0.29, 0.717) is 10.9 Å². The van der Waals surface area contributed by atoms with Gasteiger partial charge in [-0.15, -0.1) is 0 Å². The average molecular weight is 488 g/mol. The molecule has 1 atom stereocenters. The fourth-order valence-electron chi connectivity index (χ4n) is 3.56. The fourth-order valence-corrected chi connectivity index (χ4v) is 4.77. The normalized spacial score (nSPS) is 14.7. The van der Waals surface area contributed by atoms with Crippen molar-refractivity contribution >= 4 is 33.4 Å². The number of H-pyrrole nitrogens is 1. The molecule has 0 aliphatic carbocycles. The molecule has 6 nitrogen and oxygen atoms in total. The number of phenolic OH excluding ortho intramolecular Hbond substituents is 1. The first-order valence-electron chi connectivity index (χ1n) is 10.1. The molecular formula is C22H24BrN4O2S+. The van der Waals surface area contributed by atoms with Crippen molar-refractivity contribution in [2.24, 2.45) is 0 Å². The number of unbranched alkanes of at least 4 members (excludes halogenated alkanes) is 3. The summed E-state index contributed by atoms with van der Waals surface area (Å²) < 4.78 is 2.65. The molecule has 1 aromatic heterocycles. The number of fused-ring (bicyclic) bond motifs is 3. The summed E-state index contributed by atoms with van der Waals surface area (Å²) in [5, 5.41) is 18.6. The van der Waals surface area contributed by atoms with Gasteiger partial charge in [0.2, 0.25) is 5.16 Å². The van der Waals surface area contributed by atoms with Crippen LogP contribution in [0.5, 0.6) is 5.75 Å². The van der Waals surface area contributed by atoms with Gasteiger partial charge in [-0.25, -0.2) is 0 Å². The minimum absolute atomic E-state index is 0.161. The smallest absolute Gasteiger partial charge is 0.325 e. The number of nitrogens with one attached hydrogen (secondary N) is 2. The molecular weight excluding hydrogens is 464 g/mol. The molecule has 3 N–H and O–H groups in total. The zero-order valence-electron chi connectivity index (χ0n) is 16.7. The highest BCUT2D eigenvalue weighted by Crippen LogP contribution is 2.34. The lowest BCUT2D eigenvalue weighted by atomic mass is 10.0. The number of nitrogens with zero attached hydrogens (tertiary/aromatic N) is 2. The molecule has 1 aliphatic heterocycles. The van der Waals surface area contributed by atoms with Crippen molar-refractivity contribution in [3.63, 3.8) is 0 Å². The molecule has 0 saturated carbocycles. The van der Waals surface area contributed by atoms with E-state index in [0.717, 1.165) is 33.5 Å². The molecule has 2 aromatic carbocycles. The molecule has 156 valence electrons. The van der Waals surface area contributed by atoms with Crippen LogP contribution in [0.4, 0.5) is 5.69 Å². The van der Waals surface area contributed by atoms with Crippen molar-refractivity contribution in [3.05, 3.63) is 62.9 Å². The molecule has 2 heterocycles. The molecule has 0 radical (unpaired) electrons. The Hall–Kier alpha value is -2.32. The van der Waals surface area contributed by atoms with Crippen molar-refractivity contribution in [1.29, 1.82) is 0 Å². The fraction of sp³-hybridized carbons (Fsp3) is 0.318. The van der Waals surface area contributed by atoms with Gasteiger partial charge in [-0.3, -0.25) is 9.78 Å². The summed E-state index contributed by atoms with van der Waals surface area (Å²) in [5.41, 5.74) is 2.92. The third-order valence-electron chi connectivity index (χ3n) is 5.08. The summed E-state index contributed by atoms with van der Waals surface area (Å²) in [4.78, 5) is 16.1. The van der Waals surface area contributed by atoms with Gasteiger partial charge in [-0.05, 0) is 53.6 Å². The molecule has 0 fully saturated rings. The summed E-state index contributed by atoms with van der Waals surface area (Å²) in [7, 11) is 0. The number of anilines is 1. The van der Waals surface area contributed by atoms with Gasteiger partial charge in [0.15, 0.2) is 0 Å². The number of thioether (sulfide) groups is 1. The van der Waals surface area contributed by atoms with E-state index >= 15 is 0 Å². The maximum Gasteiger partial charge on any atom is 0.325 e. The van der Waals surface area contributed by atoms with E-state index in [1.807, 2.05) is 30.3 Å². The number of aromatic hydroxyl groups is 1. The van der Waals surface area contributed by atoms with Gasteiger partial charge in [0, 0.05) is 20.9 Å². The molecule has 30 heavy (non-hydrogen) atoms. The second-order valence-electron chi connectivity index (χ2n) is 7.29. The highest BCUT2D eigenvalue weighted by molar-refractivity contribution is 9.10. The number of hydrogen-bond acceptors (Lipinski definition) is 5. The number of phenols is 1. The Morgan fingerprint density at radius 3 is 2.73 bits per heavy atom. The zero-order chi connectivity index (χ0) is 21.1. The molecule has 0 spiro atoms. The number of benzene rings is 2. The van der Waals surface area contributed by atoms with Crippen molar-refractivity contribution in [1.82, 2.24) is 10.1 Å². The highest BCUT2D eigenvalue weighted by Gasteiger charge is 2.37. The Bertz CT molecular complexity index is 1100. The van der Waals surface area contributed by atoms with Crippen LogP contribution in [0.15, 0.2) is 56.9 Å². The summed E-state index contributed by atoms with van der Waals surface area (Å²) in [6, 6.07) is 12.8. The second kappa shape index (κ2) is 9.22. The van der Waals surface area contributed by atoms with Crippen LogP contribution in [0.25, 0.3) is 11.3 Å². The first kappa shape index (κ1) is 20.9. The van der Waals surface area contributed by atoms with E-state index in [1.54, 1.807) is 28.6 Å². The topological polar surface area (TPSA) is 81.9 Å². The van der Waals surface area contributed by atoms with Gasteiger partial charge < -0.3 is 10.4 Å². The zero-order valence-corrected chi connectivity index (χ0v) is 19.1. The molecule has 0 bridgehead atoms. The predicted octanol–water partition coefficient (Wildman–Crippen LogP) is 4.84. The van der Waals surface area contributed by atoms with E-state index in [9.17, 15) is 9.90 Å². The SMILES string of the molecule is CCCCCCSc1n[n+]2c(c(=O)[nH]1)-c1cc(Br)ccc1N[C@H]2c1ccc(O)cc1. The summed E-state index contributed by atoms with van der Waals surface area (Å²) in [5.74, 6) is 1.12. The first-order chi connectivity index (χ1) is 14.6. The number of halogens is 1. The molecule has 3 aromatic rings. The van der Waals surface area contributed by atoms with Gasteiger partial charge in [-0.2, -0.15) is 0 Å². The third kappa shape index (κ3) is 4.39. The van der Waals surface area contributed by atoms with Crippen LogP contribution < -0.4 is 15.6 Å². The van der Waals surface area contributed by atoms with E-state index in [-0.39, 0.29) is 17.5 Å². The third-order valence-corrected chi connectivity index (χ3v) is 6.53. The molecule has 0 saturated heterocycles. The van der Waals surface area contributed by atoms with Crippen LogP contribution in [0.2, 0.25) is 0 Å². The number of hydrogen-bond donors (Lipinski definition) is 3. The van der Waals surface area contributed by atoms with Crippen molar-refractivity contribution in [2.75, 3.05) is 11.1 Å². The largest absolute Gasteiger partial charge is 0.508 e. The second-order valence-corrected chi connectivity index (χ2v) is 9.29. The van der Waals surface area contributed by atoms with Crippen LogP contribution in [0.3, 0.4) is 0 Å². The summed E-state index contributed by atoms with van der Waals surface area (Å²) in [6.07, 6.45) is 4.35. The van der Waals surface area contributed by atoms with E-state index < -0.39 is 0 Å². The van der Waals surface area contributed by atoms with Gasteiger partial charge >= 0.3 is 11.3 Å². The predicted molar refractivity (Wildman–Crippen MR) is 123 cm³/mol. The molecule has 4 rings (SSSR count). The Kier molecular flexibility index (Phi) is 6.43. The first-order valence-corrected chi connectivity index (χ1v) is 11.9. The van der Waals surface area contributed by atoms with Crippen LogP contribution in [0, 0.1) is 0 Å². The van der Waals surface area contributed by atoms with Gasteiger partial charge in [0.25, 0.3) is 6.17 Å². The maximum atomic E-state index is 13.1. The van der Waals surface area contributed by atoms with Crippen LogP contribution in [-0.4, -0.2) is 20.9 Å². The van der Waals surface area contributed by atoms with Crippen LogP contribution in [-0.2, 0) is 0 Å². The summed E-state index contributed by atoms with van der Waals surface area (Å²) in [6.45, 7) is 2.19. The summed E-state index contributed by atoms with van der Waals surface area (Å²) >= 11 is 5.08. The van der Waals surface area contributed by atoms with Gasteiger partial charge in [0.05, 0.1) is 11.3 Å². The quantitative estimate of drug-likeness (QED) is 0.252. The Morgan fingerprint density at radius 2 is 1.97 bits per heavy atom. The molecule has 1 aliphatic rings. The van der Waals surface area contributed by atoms with Crippen molar-refractivity contribution in [3.8, 4) is 17.0 Å². The lowest BCUT2D eigenvalue weighted by Crippen LogP contribution is -2.55. The van der Waals surface area contributed by atoms with Gasteiger partial charge in [0.1, 0.15) is 5.75 Å². The molecule has 0 amide bonds. The standard InChI is InChI=1S/C22H23BrN4O2S/c1-2-3-4-5-12-30-22-25-21(29)19-17-13-15(23)8-11-18(17)24-20(27(19)26-22)14-6-9-16(28)10-7-14/h6-11,13,20H,2-5,12H2,1H3,(H2,25,26,28,29)/p+1/t20-/m1/s1. The molecule has 8 heteroatoms. The number of rotatable bonds is 7. The van der Waals surface area contributed by atoms with Crippen LogP contribution in [0.1, 0.15) is 44.3 Å². The molecule has 0 unspecified atom stereocenters. The lowest BCUT2D eigenvalue weighted by molar-refractivity contribution is -0.759. The van der Waals surface area contributed by atoms with E-state index in [2.05, 4.69) is 33.2 Å². The van der Waals surface area contributed by atoms with Crippen molar-refractivity contribution in [2.45, 2.75) is 43.9 Å². The average Bonchev–Trinajstić information content (AvgIpc) is 2.73. The van der Waals surface area contributed by atoms with Crippen molar-refractivity contribution < 1.29 is 9.79 Å². The number of aromatic amines is 1. The Labute approximate surface area is 187 Å². The van der Waals surface area contributed by atoms with Gasteiger partial charge in [-0.1, -0.05) is 53.9 Å². The highest BCUT2D eigenvalue weighted by atomic mass is 79.9. The number of aromatic nitrogens is 3. The van der Waals surface area contributed by atoms with Crippen LogP contribution >= 0.6 is 27.7 Å². The minimum atomic E-state index is -0.351. The monoisotopic (exact) mass is 487 g/mol. The van der Waals surface area contributed by atoms with E-state index in [4.69, 9.17) is 5.10 Å². The Morgan fingerprint density at radius 1 is 1.17 bits per heavy atom. The Balaban J connectivity index is 1.75. The minimum Gasteiger partial charge on any atom is -0.508 e. The maximum absolute atomic E-state index is 13.1.